The van der Waals surface area contributed by atoms with Crippen LogP contribution in [0.25, 0.3) is 0 Å². The first-order valence-electron chi connectivity index (χ1n) is 8.89. The van der Waals surface area contributed by atoms with Crippen LogP contribution in [0.2, 0.25) is 0 Å². The summed E-state index contributed by atoms with van der Waals surface area (Å²) in [6.07, 6.45) is 4.63. The van der Waals surface area contributed by atoms with E-state index in [1.54, 1.807) is 0 Å². The van der Waals surface area contributed by atoms with Crippen molar-refractivity contribution in [2.75, 3.05) is 37.7 Å². The molecule has 4 rings (SSSR count). The number of thiophene rings is 1. The fourth-order valence-electron chi connectivity index (χ4n) is 3.60. The van der Waals surface area contributed by atoms with E-state index in [0.717, 1.165) is 45.1 Å². The van der Waals surface area contributed by atoms with E-state index >= 15 is 0 Å². The number of aromatic nitrogens is 1. The molecule has 2 fully saturated rings. The molecule has 5 heteroatoms. The lowest BCUT2D eigenvalue weighted by Gasteiger charge is -2.35. The molecule has 2 saturated heterocycles. The number of hydrogen-bond donors (Lipinski definition) is 0. The van der Waals surface area contributed by atoms with Crippen molar-refractivity contribution < 1.29 is 4.74 Å². The molecule has 2 aromatic heterocycles. The van der Waals surface area contributed by atoms with Gasteiger partial charge in [0.15, 0.2) is 0 Å². The average molecular weight is 343 g/mol. The topological polar surface area (TPSA) is 28.6 Å². The molecule has 0 unspecified atom stereocenters. The molecule has 0 amide bonds. The Labute approximate surface area is 148 Å². The van der Waals surface area contributed by atoms with Gasteiger partial charge in [-0.05, 0) is 43.5 Å². The summed E-state index contributed by atoms with van der Waals surface area (Å²) in [7, 11) is 0. The number of ether oxygens (including phenoxy) is 1. The van der Waals surface area contributed by atoms with Gasteiger partial charge < -0.3 is 9.64 Å². The summed E-state index contributed by atoms with van der Waals surface area (Å²) < 4.78 is 5.80. The lowest BCUT2D eigenvalue weighted by atomic mass is 10.2. The maximum Gasteiger partial charge on any atom is 0.131 e. The standard InChI is InChI=1S/C19H25N3OS/c1-15-4-2-8-20-19(15)22-11-9-21(10-12-22)14-16-6-7-18(24-16)17-5-3-13-23-17/h2,4,6-8,17H,3,5,9-14H2,1H3/t17-/m0/s1. The number of aryl methyl sites for hydroxylation is 1. The highest BCUT2D eigenvalue weighted by atomic mass is 32.1. The highest BCUT2D eigenvalue weighted by Gasteiger charge is 2.22. The number of hydrogen-bond acceptors (Lipinski definition) is 5. The first-order chi connectivity index (χ1) is 11.8. The largest absolute Gasteiger partial charge is 0.373 e. The van der Waals surface area contributed by atoms with Crippen molar-refractivity contribution in [1.82, 2.24) is 9.88 Å². The van der Waals surface area contributed by atoms with Crippen LogP contribution in [0.1, 0.15) is 34.3 Å². The molecule has 0 N–H and O–H groups in total. The van der Waals surface area contributed by atoms with Crippen LogP contribution in [0, 0.1) is 6.92 Å². The van der Waals surface area contributed by atoms with E-state index in [2.05, 4.69) is 39.9 Å². The van der Waals surface area contributed by atoms with Crippen molar-refractivity contribution >= 4 is 17.2 Å². The van der Waals surface area contributed by atoms with Gasteiger partial charge >= 0.3 is 0 Å². The summed E-state index contributed by atoms with van der Waals surface area (Å²) in [6.45, 7) is 8.45. The molecule has 0 spiro atoms. The van der Waals surface area contributed by atoms with Gasteiger partial charge in [0, 0.05) is 55.3 Å². The quantitative estimate of drug-likeness (QED) is 0.848. The monoisotopic (exact) mass is 343 g/mol. The third-order valence-electron chi connectivity index (χ3n) is 4.96. The number of pyridine rings is 1. The van der Waals surface area contributed by atoms with Crippen LogP contribution in [0.3, 0.4) is 0 Å². The number of piperazine rings is 1. The summed E-state index contributed by atoms with van der Waals surface area (Å²) in [5.41, 5.74) is 1.27. The Morgan fingerprint density at radius 1 is 1.21 bits per heavy atom. The summed E-state index contributed by atoms with van der Waals surface area (Å²) in [5.74, 6) is 1.15. The summed E-state index contributed by atoms with van der Waals surface area (Å²) in [4.78, 5) is 12.4. The molecule has 1 atom stereocenters. The van der Waals surface area contributed by atoms with Crippen molar-refractivity contribution in [3.8, 4) is 0 Å². The predicted molar refractivity (Wildman–Crippen MR) is 98.7 cm³/mol. The van der Waals surface area contributed by atoms with Crippen molar-refractivity contribution in [3.05, 3.63) is 45.8 Å². The van der Waals surface area contributed by atoms with Gasteiger partial charge in [0.2, 0.25) is 0 Å². The zero-order valence-electron chi connectivity index (χ0n) is 14.3. The molecular weight excluding hydrogens is 318 g/mol. The minimum atomic E-state index is 0.354. The van der Waals surface area contributed by atoms with E-state index in [-0.39, 0.29) is 0 Å². The van der Waals surface area contributed by atoms with Gasteiger partial charge in [0.25, 0.3) is 0 Å². The third-order valence-corrected chi connectivity index (χ3v) is 6.12. The minimum Gasteiger partial charge on any atom is -0.373 e. The Morgan fingerprint density at radius 3 is 2.83 bits per heavy atom. The maximum atomic E-state index is 5.80. The van der Waals surface area contributed by atoms with Crippen molar-refractivity contribution in [1.29, 1.82) is 0 Å². The van der Waals surface area contributed by atoms with Crippen LogP contribution in [0.4, 0.5) is 5.82 Å². The van der Waals surface area contributed by atoms with Crippen LogP contribution >= 0.6 is 11.3 Å². The number of nitrogens with zero attached hydrogens (tertiary/aromatic N) is 3. The van der Waals surface area contributed by atoms with E-state index in [1.165, 1.54) is 28.2 Å². The first-order valence-corrected chi connectivity index (χ1v) is 9.70. The molecule has 2 aliphatic rings. The predicted octanol–water partition coefficient (Wildman–Crippen LogP) is 3.63. The van der Waals surface area contributed by atoms with E-state index in [0.29, 0.717) is 6.10 Å². The molecule has 2 aromatic rings. The lowest BCUT2D eigenvalue weighted by Crippen LogP contribution is -2.46. The zero-order valence-corrected chi connectivity index (χ0v) is 15.1. The van der Waals surface area contributed by atoms with Gasteiger partial charge in [-0.3, -0.25) is 4.90 Å². The Balaban J connectivity index is 1.32. The normalized spacial score (nSPS) is 22.2. The van der Waals surface area contributed by atoms with Gasteiger partial charge in [0.1, 0.15) is 5.82 Å². The van der Waals surface area contributed by atoms with Gasteiger partial charge in [-0.15, -0.1) is 11.3 Å². The minimum absolute atomic E-state index is 0.354. The van der Waals surface area contributed by atoms with Crippen LogP contribution in [0.5, 0.6) is 0 Å². The second-order valence-electron chi connectivity index (χ2n) is 6.71. The van der Waals surface area contributed by atoms with Crippen LogP contribution in [-0.4, -0.2) is 42.7 Å². The van der Waals surface area contributed by atoms with Crippen LogP contribution < -0.4 is 4.90 Å². The van der Waals surface area contributed by atoms with E-state index < -0.39 is 0 Å². The molecule has 24 heavy (non-hydrogen) atoms. The molecule has 128 valence electrons. The smallest absolute Gasteiger partial charge is 0.131 e. The fraction of sp³-hybridized carbons (Fsp3) is 0.526. The number of anilines is 1. The summed E-state index contributed by atoms with van der Waals surface area (Å²) in [6, 6.07) is 8.71. The summed E-state index contributed by atoms with van der Waals surface area (Å²) >= 11 is 1.93. The first kappa shape index (κ1) is 16.1. The SMILES string of the molecule is Cc1cccnc1N1CCN(Cc2ccc([C@@H]3CCCO3)s2)CC1. The Morgan fingerprint density at radius 2 is 2.08 bits per heavy atom. The van der Waals surface area contributed by atoms with Gasteiger partial charge in [0.05, 0.1) is 6.10 Å². The molecule has 0 bridgehead atoms. The fourth-order valence-corrected chi connectivity index (χ4v) is 4.74. The Bertz CT molecular complexity index is 673. The Hall–Kier alpha value is -1.43. The molecule has 0 radical (unpaired) electrons. The van der Waals surface area contributed by atoms with Gasteiger partial charge in [-0.25, -0.2) is 4.98 Å². The van der Waals surface area contributed by atoms with Crippen molar-refractivity contribution in [3.63, 3.8) is 0 Å². The average Bonchev–Trinajstić information content (AvgIpc) is 3.27. The van der Waals surface area contributed by atoms with Gasteiger partial charge in [-0.2, -0.15) is 0 Å². The van der Waals surface area contributed by atoms with E-state index in [1.807, 2.05) is 23.6 Å². The number of rotatable bonds is 4. The third kappa shape index (κ3) is 3.48. The second-order valence-corrected chi connectivity index (χ2v) is 7.91. The van der Waals surface area contributed by atoms with E-state index in [9.17, 15) is 0 Å². The highest BCUT2D eigenvalue weighted by Crippen LogP contribution is 2.33. The highest BCUT2D eigenvalue weighted by molar-refractivity contribution is 7.12. The van der Waals surface area contributed by atoms with Gasteiger partial charge in [-0.1, -0.05) is 6.07 Å². The summed E-state index contributed by atoms with van der Waals surface area (Å²) in [5, 5.41) is 0. The zero-order chi connectivity index (χ0) is 16.4. The van der Waals surface area contributed by atoms with Crippen LogP contribution in [-0.2, 0) is 11.3 Å². The van der Waals surface area contributed by atoms with Crippen LogP contribution in [0.15, 0.2) is 30.5 Å². The lowest BCUT2D eigenvalue weighted by molar-refractivity contribution is 0.114. The molecule has 4 nitrogen and oxygen atoms in total. The molecule has 0 saturated carbocycles. The Kier molecular flexibility index (Phi) is 4.83. The molecular formula is C19H25N3OS. The second kappa shape index (κ2) is 7.21. The molecule has 0 aromatic carbocycles. The van der Waals surface area contributed by atoms with Crippen molar-refractivity contribution in [2.24, 2.45) is 0 Å². The van der Waals surface area contributed by atoms with E-state index in [4.69, 9.17) is 4.74 Å². The maximum absolute atomic E-state index is 5.80. The molecule has 0 aliphatic carbocycles. The molecule has 4 heterocycles. The van der Waals surface area contributed by atoms with Crippen molar-refractivity contribution in [2.45, 2.75) is 32.4 Å². The molecule has 2 aliphatic heterocycles.